The molecule has 98 valence electrons. The van der Waals surface area contributed by atoms with Crippen molar-refractivity contribution in [3.63, 3.8) is 0 Å². The molecule has 1 aromatic rings. The Labute approximate surface area is 117 Å². The summed E-state index contributed by atoms with van der Waals surface area (Å²) in [6.07, 6.45) is 2.47. The summed E-state index contributed by atoms with van der Waals surface area (Å²) in [4.78, 5) is 2.97. The van der Waals surface area contributed by atoms with E-state index < -0.39 is 9.84 Å². The van der Waals surface area contributed by atoms with Gasteiger partial charge in [-0.15, -0.1) is 6.58 Å². The van der Waals surface area contributed by atoms with Crippen molar-refractivity contribution in [2.45, 2.75) is 16.1 Å². The van der Waals surface area contributed by atoms with Gasteiger partial charge in [-0.1, -0.05) is 34.1 Å². The van der Waals surface area contributed by atoms with Gasteiger partial charge < -0.3 is 4.90 Å². The van der Waals surface area contributed by atoms with Gasteiger partial charge in [0.1, 0.15) is 0 Å². The van der Waals surface area contributed by atoms with Crippen molar-refractivity contribution in [3.8, 4) is 0 Å². The van der Waals surface area contributed by atoms with Crippen molar-refractivity contribution in [2.24, 2.45) is 0 Å². The second-order valence-electron chi connectivity index (χ2n) is 4.37. The summed E-state index contributed by atoms with van der Waals surface area (Å²) in [5.74, 6) is -0.0183. The minimum Gasteiger partial charge on any atom is -0.369 e. The third kappa shape index (κ3) is 2.78. The summed E-state index contributed by atoms with van der Waals surface area (Å²) >= 11 is 3.57. The first-order valence-corrected chi connectivity index (χ1v) is 8.43. The van der Waals surface area contributed by atoms with Crippen LogP contribution in [0.4, 0.5) is 5.69 Å². The summed E-state index contributed by atoms with van der Waals surface area (Å²) in [7, 11) is -3.27. The molecule has 0 spiro atoms. The fourth-order valence-corrected chi connectivity index (χ4v) is 4.01. The maximum Gasteiger partial charge on any atom is 0.183 e. The zero-order chi connectivity index (χ0) is 13.2. The average molecular weight is 330 g/mol. The maximum absolute atomic E-state index is 12.2. The summed E-state index contributed by atoms with van der Waals surface area (Å²) < 4.78 is 24.4. The summed E-state index contributed by atoms with van der Waals surface area (Å²) in [5, 5.41) is 0. The van der Waals surface area contributed by atoms with E-state index in [1.54, 1.807) is 12.1 Å². The van der Waals surface area contributed by atoms with Crippen molar-refractivity contribution >= 4 is 31.5 Å². The molecule has 5 heteroatoms. The molecule has 1 saturated heterocycles. The number of hydrogen-bond donors (Lipinski definition) is 0. The summed E-state index contributed by atoms with van der Waals surface area (Å²) in [6, 6.07) is 7.20. The standard InChI is InChI=1S/C13H16BrNO2S/c1-2-9-18(16,17)13-6-4-3-5-12(13)15-8-7-11(14)10-15/h2-6,11H,1,7-10H2. The molecular formula is C13H16BrNO2S. The molecule has 1 fully saturated rings. The van der Waals surface area contributed by atoms with E-state index in [2.05, 4.69) is 27.4 Å². The molecule has 0 aliphatic carbocycles. The molecule has 0 radical (unpaired) electrons. The SMILES string of the molecule is C=CCS(=O)(=O)c1ccccc1N1CCC(Br)C1. The Balaban J connectivity index is 2.40. The Hall–Kier alpha value is -0.810. The zero-order valence-corrected chi connectivity index (χ0v) is 12.5. The number of nitrogens with zero attached hydrogens (tertiary/aromatic N) is 1. The van der Waals surface area contributed by atoms with Crippen LogP contribution in [-0.4, -0.2) is 32.1 Å². The highest BCUT2D eigenvalue weighted by atomic mass is 79.9. The van der Waals surface area contributed by atoms with Crippen LogP contribution >= 0.6 is 15.9 Å². The van der Waals surface area contributed by atoms with E-state index >= 15 is 0 Å². The third-order valence-corrected chi connectivity index (χ3v) is 5.45. The Morgan fingerprint density at radius 1 is 1.44 bits per heavy atom. The molecule has 18 heavy (non-hydrogen) atoms. The fourth-order valence-electron chi connectivity index (χ4n) is 2.16. The monoisotopic (exact) mass is 329 g/mol. The second-order valence-corrected chi connectivity index (χ2v) is 7.67. The van der Waals surface area contributed by atoms with E-state index in [1.807, 2.05) is 12.1 Å². The van der Waals surface area contributed by atoms with Crippen LogP contribution < -0.4 is 4.90 Å². The molecule has 0 bridgehead atoms. The number of para-hydroxylation sites is 1. The predicted octanol–water partition coefficient (Wildman–Crippen LogP) is 2.62. The van der Waals surface area contributed by atoms with E-state index in [4.69, 9.17) is 0 Å². The van der Waals surface area contributed by atoms with Gasteiger partial charge in [-0.05, 0) is 18.6 Å². The van der Waals surface area contributed by atoms with Crippen LogP contribution in [0.3, 0.4) is 0 Å². The van der Waals surface area contributed by atoms with Crippen LogP contribution in [0, 0.1) is 0 Å². The molecule has 1 unspecified atom stereocenters. The maximum atomic E-state index is 12.2. The third-order valence-electron chi connectivity index (χ3n) is 3.01. The molecule has 0 N–H and O–H groups in total. The van der Waals surface area contributed by atoms with Gasteiger partial charge in [0.25, 0.3) is 0 Å². The van der Waals surface area contributed by atoms with Gasteiger partial charge in [-0.25, -0.2) is 8.42 Å². The van der Waals surface area contributed by atoms with Crippen LogP contribution in [0.5, 0.6) is 0 Å². The van der Waals surface area contributed by atoms with Crippen LogP contribution in [0.15, 0.2) is 41.8 Å². The first-order valence-electron chi connectivity index (χ1n) is 5.86. The van der Waals surface area contributed by atoms with Gasteiger partial charge in [-0.2, -0.15) is 0 Å². The predicted molar refractivity (Wildman–Crippen MR) is 78.2 cm³/mol. The second kappa shape index (κ2) is 5.45. The molecule has 0 saturated carbocycles. The van der Waals surface area contributed by atoms with E-state index in [1.165, 1.54) is 6.08 Å². The lowest BCUT2D eigenvalue weighted by Crippen LogP contribution is -2.22. The lowest BCUT2D eigenvalue weighted by atomic mass is 10.3. The lowest BCUT2D eigenvalue weighted by Gasteiger charge is -2.21. The smallest absolute Gasteiger partial charge is 0.183 e. The quantitative estimate of drug-likeness (QED) is 0.629. The number of benzene rings is 1. The van der Waals surface area contributed by atoms with Gasteiger partial charge >= 0.3 is 0 Å². The van der Waals surface area contributed by atoms with Gasteiger partial charge in [0.05, 0.1) is 16.3 Å². The minimum absolute atomic E-state index is 0.0183. The van der Waals surface area contributed by atoms with E-state index in [0.717, 1.165) is 25.2 Å². The Morgan fingerprint density at radius 2 is 2.17 bits per heavy atom. The average Bonchev–Trinajstić information content (AvgIpc) is 2.76. The lowest BCUT2D eigenvalue weighted by molar-refractivity contribution is 0.599. The molecule has 1 atom stereocenters. The van der Waals surface area contributed by atoms with Crippen LogP contribution in [0.2, 0.25) is 0 Å². The summed E-state index contributed by atoms with van der Waals surface area (Å²) in [5.41, 5.74) is 0.807. The largest absolute Gasteiger partial charge is 0.369 e. The minimum atomic E-state index is -3.27. The normalized spacial score (nSPS) is 20.1. The molecule has 1 heterocycles. The highest BCUT2D eigenvalue weighted by Gasteiger charge is 2.25. The van der Waals surface area contributed by atoms with Gasteiger partial charge in [-0.3, -0.25) is 0 Å². The van der Waals surface area contributed by atoms with Crippen molar-refractivity contribution in [3.05, 3.63) is 36.9 Å². The molecule has 3 nitrogen and oxygen atoms in total. The number of sulfone groups is 1. The van der Waals surface area contributed by atoms with Crippen LogP contribution in [0.25, 0.3) is 0 Å². The highest BCUT2D eigenvalue weighted by molar-refractivity contribution is 9.09. The molecule has 0 aromatic heterocycles. The molecular weight excluding hydrogens is 314 g/mol. The number of rotatable bonds is 4. The van der Waals surface area contributed by atoms with Gasteiger partial charge in [0.15, 0.2) is 9.84 Å². The Kier molecular flexibility index (Phi) is 4.12. The van der Waals surface area contributed by atoms with Crippen molar-refractivity contribution in [1.29, 1.82) is 0 Å². The van der Waals surface area contributed by atoms with E-state index in [9.17, 15) is 8.42 Å². The Morgan fingerprint density at radius 3 is 2.78 bits per heavy atom. The van der Waals surface area contributed by atoms with Crippen LogP contribution in [-0.2, 0) is 9.84 Å². The molecule has 1 aliphatic heterocycles. The molecule has 0 amide bonds. The van der Waals surface area contributed by atoms with Crippen molar-refractivity contribution in [1.82, 2.24) is 0 Å². The highest BCUT2D eigenvalue weighted by Crippen LogP contribution is 2.30. The number of halogens is 1. The molecule has 1 aliphatic rings. The summed E-state index contributed by atoms with van der Waals surface area (Å²) in [6.45, 7) is 5.24. The topological polar surface area (TPSA) is 37.4 Å². The van der Waals surface area contributed by atoms with Crippen molar-refractivity contribution in [2.75, 3.05) is 23.7 Å². The first-order chi connectivity index (χ1) is 8.54. The Bertz CT molecular complexity index is 542. The number of alkyl halides is 1. The number of hydrogen-bond acceptors (Lipinski definition) is 3. The van der Waals surface area contributed by atoms with Crippen molar-refractivity contribution < 1.29 is 8.42 Å². The van der Waals surface area contributed by atoms with Gasteiger partial charge in [0.2, 0.25) is 0 Å². The van der Waals surface area contributed by atoms with E-state index in [0.29, 0.717) is 9.72 Å². The van der Waals surface area contributed by atoms with Crippen LogP contribution in [0.1, 0.15) is 6.42 Å². The zero-order valence-electron chi connectivity index (χ0n) is 10.0. The van der Waals surface area contributed by atoms with Gasteiger partial charge in [0, 0.05) is 17.9 Å². The van der Waals surface area contributed by atoms with E-state index in [-0.39, 0.29) is 5.75 Å². The fraction of sp³-hybridized carbons (Fsp3) is 0.385. The molecule has 1 aromatic carbocycles. The number of anilines is 1. The first kappa shape index (κ1) is 13.6. The molecule has 2 rings (SSSR count).